The van der Waals surface area contributed by atoms with Crippen molar-refractivity contribution in [1.82, 2.24) is 0 Å². The van der Waals surface area contributed by atoms with Crippen molar-refractivity contribution in [3.05, 3.63) is 138 Å². The van der Waals surface area contributed by atoms with Gasteiger partial charge in [-0.25, -0.2) is 0 Å². The predicted molar refractivity (Wildman–Crippen MR) is 147 cm³/mol. The first-order chi connectivity index (χ1) is 17.2. The maximum Gasteiger partial charge on any atom is 0.110 e. The van der Waals surface area contributed by atoms with Gasteiger partial charge in [0.05, 0.1) is 0 Å². The summed E-state index contributed by atoms with van der Waals surface area (Å²) in [5.74, 6) is 0. The van der Waals surface area contributed by atoms with Gasteiger partial charge in [-0.05, 0) is 83.0 Å². The van der Waals surface area contributed by atoms with Crippen molar-refractivity contribution in [3.8, 4) is 11.1 Å². The van der Waals surface area contributed by atoms with Gasteiger partial charge in [0.1, 0.15) is 5.69 Å². The summed E-state index contributed by atoms with van der Waals surface area (Å²) in [7, 11) is 1.98. The number of nitroso groups, excluding NO2 is 1. The van der Waals surface area contributed by atoms with Gasteiger partial charge in [0.15, 0.2) is 0 Å². The molecule has 5 rings (SSSR count). The maximum absolute atomic E-state index is 10.9. The molecule has 0 aromatic heterocycles. The van der Waals surface area contributed by atoms with Crippen LogP contribution in [0, 0.1) is 4.91 Å². The fourth-order valence-corrected chi connectivity index (χ4v) is 4.19. The lowest BCUT2D eigenvalue weighted by molar-refractivity contribution is 1.21. The van der Waals surface area contributed by atoms with E-state index in [1.807, 2.05) is 36.2 Å². The second-order valence-corrected chi connectivity index (χ2v) is 8.27. The summed E-state index contributed by atoms with van der Waals surface area (Å²) in [4.78, 5) is 15.2. The molecule has 0 aliphatic heterocycles. The van der Waals surface area contributed by atoms with Gasteiger partial charge in [-0.15, -0.1) is 4.91 Å². The lowest BCUT2D eigenvalue weighted by Gasteiger charge is -2.25. The zero-order chi connectivity index (χ0) is 24.0. The van der Waals surface area contributed by atoms with E-state index in [2.05, 4.69) is 107 Å². The van der Waals surface area contributed by atoms with Gasteiger partial charge in [-0.3, -0.25) is 0 Å². The topological polar surface area (TPSA) is 35.9 Å². The fourth-order valence-electron chi connectivity index (χ4n) is 4.19. The summed E-state index contributed by atoms with van der Waals surface area (Å²) >= 11 is 0. The largest absolute Gasteiger partial charge is 0.345 e. The van der Waals surface area contributed by atoms with E-state index in [0.29, 0.717) is 5.69 Å². The number of rotatable bonds is 7. The van der Waals surface area contributed by atoms with Crippen LogP contribution in [0.25, 0.3) is 11.1 Å². The highest BCUT2D eigenvalue weighted by Crippen LogP contribution is 2.35. The second-order valence-electron chi connectivity index (χ2n) is 8.27. The molecule has 0 radical (unpaired) electrons. The maximum atomic E-state index is 10.9. The third-order valence-corrected chi connectivity index (χ3v) is 6.06. The molecule has 4 heteroatoms. The Bertz CT molecular complexity index is 1360. The quantitative estimate of drug-likeness (QED) is 0.230. The highest BCUT2D eigenvalue weighted by atomic mass is 16.3. The number of nitrogens with zero attached hydrogens (tertiary/aromatic N) is 3. The molecule has 0 amide bonds. The van der Waals surface area contributed by atoms with E-state index in [1.54, 1.807) is 12.1 Å². The minimum Gasteiger partial charge on any atom is -0.345 e. The molecule has 0 aliphatic rings. The van der Waals surface area contributed by atoms with Crippen LogP contribution < -0.4 is 9.80 Å². The van der Waals surface area contributed by atoms with Crippen molar-refractivity contribution in [1.29, 1.82) is 0 Å². The molecule has 0 saturated heterocycles. The first-order valence-electron chi connectivity index (χ1n) is 11.5. The highest BCUT2D eigenvalue weighted by Gasteiger charge is 2.12. The van der Waals surface area contributed by atoms with Crippen molar-refractivity contribution in [2.45, 2.75) is 0 Å². The van der Waals surface area contributed by atoms with Gasteiger partial charge in [0.2, 0.25) is 0 Å². The van der Waals surface area contributed by atoms with Crippen molar-refractivity contribution in [2.75, 3.05) is 16.8 Å². The highest BCUT2D eigenvalue weighted by molar-refractivity contribution is 5.78. The Hall–Kier alpha value is -4.70. The van der Waals surface area contributed by atoms with Crippen molar-refractivity contribution in [3.63, 3.8) is 0 Å². The number of hydrogen-bond acceptors (Lipinski definition) is 4. The first kappa shape index (κ1) is 22.1. The van der Waals surface area contributed by atoms with Crippen LogP contribution in [0.1, 0.15) is 0 Å². The third-order valence-electron chi connectivity index (χ3n) is 6.06. The van der Waals surface area contributed by atoms with E-state index >= 15 is 0 Å². The molecule has 0 fully saturated rings. The minimum atomic E-state index is 0.422. The number of anilines is 5. The molecular formula is C31H25N3O. The molecule has 0 N–H and O–H groups in total. The number of para-hydroxylation sites is 2. The molecule has 0 unspecified atom stereocenters. The standard InChI is InChI=1S/C31H25N3O/c1-33(31-14-8-9-26(23-31)32-35)27-19-15-24(16-20-27)25-17-21-30(22-18-25)34(28-10-4-2-5-11-28)29-12-6-3-7-13-29/h2-23H,1H3. The lowest BCUT2D eigenvalue weighted by atomic mass is 10.0. The summed E-state index contributed by atoms with van der Waals surface area (Å²) in [6, 6.07) is 45.1. The van der Waals surface area contributed by atoms with Crippen LogP contribution in [-0.2, 0) is 0 Å². The lowest BCUT2D eigenvalue weighted by Crippen LogP contribution is -2.09. The van der Waals surface area contributed by atoms with E-state index in [-0.39, 0.29) is 0 Å². The van der Waals surface area contributed by atoms with Crippen molar-refractivity contribution >= 4 is 34.1 Å². The average Bonchev–Trinajstić information content (AvgIpc) is 2.94. The molecule has 0 spiro atoms. The molecule has 170 valence electrons. The van der Waals surface area contributed by atoms with Crippen molar-refractivity contribution < 1.29 is 0 Å². The Morgan fingerprint density at radius 2 is 0.943 bits per heavy atom. The Labute approximate surface area is 205 Å². The van der Waals surface area contributed by atoms with Gasteiger partial charge < -0.3 is 9.80 Å². The van der Waals surface area contributed by atoms with Gasteiger partial charge in [0.25, 0.3) is 0 Å². The molecular weight excluding hydrogens is 430 g/mol. The van der Waals surface area contributed by atoms with Gasteiger partial charge in [0, 0.05) is 35.5 Å². The van der Waals surface area contributed by atoms with Crippen LogP contribution in [0.3, 0.4) is 0 Å². The van der Waals surface area contributed by atoms with E-state index < -0.39 is 0 Å². The van der Waals surface area contributed by atoms with Crippen LogP contribution in [0.4, 0.5) is 34.1 Å². The van der Waals surface area contributed by atoms with Crippen LogP contribution in [0.2, 0.25) is 0 Å². The zero-order valence-electron chi connectivity index (χ0n) is 19.5. The molecule has 5 aromatic carbocycles. The zero-order valence-corrected chi connectivity index (χ0v) is 19.5. The van der Waals surface area contributed by atoms with Crippen LogP contribution >= 0.6 is 0 Å². The Morgan fingerprint density at radius 1 is 0.486 bits per heavy atom. The summed E-state index contributed by atoms with van der Waals surface area (Å²) in [5.41, 5.74) is 8.01. The molecule has 5 aromatic rings. The molecule has 0 atom stereocenters. The summed E-state index contributed by atoms with van der Waals surface area (Å²) in [5, 5.41) is 3.04. The molecule has 0 saturated carbocycles. The normalized spacial score (nSPS) is 10.5. The van der Waals surface area contributed by atoms with Gasteiger partial charge in [-0.1, -0.05) is 66.7 Å². The van der Waals surface area contributed by atoms with Gasteiger partial charge >= 0.3 is 0 Å². The third kappa shape index (κ3) is 4.82. The smallest absolute Gasteiger partial charge is 0.110 e. The summed E-state index contributed by atoms with van der Waals surface area (Å²) in [6.07, 6.45) is 0. The second kappa shape index (κ2) is 10.1. The Balaban J connectivity index is 1.40. The minimum absolute atomic E-state index is 0.422. The average molecular weight is 456 g/mol. The molecule has 35 heavy (non-hydrogen) atoms. The fraction of sp³-hybridized carbons (Fsp3) is 0.0323. The molecule has 0 aliphatic carbocycles. The van der Waals surface area contributed by atoms with E-state index in [9.17, 15) is 4.91 Å². The van der Waals surface area contributed by atoms with Gasteiger partial charge in [-0.2, -0.15) is 0 Å². The van der Waals surface area contributed by atoms with Crippen LogP contribution in [0.5, 0.6) is 0 Å². The van der Waals surface area contributed by atoms with E-state index in [1.165, 1.54) is 0 Å². The monoisotopic (exact) mass is 455 g/mol. The number of benzene rings is 5. The van der Waals surface area contributed by atoms with Crippen molar-refractivity contribution in [2.24, 2.45) is 5.18 Å². The Morgan fingerprint density at radius 3 is 1.46 bits per heavy atom. The van der Waals surface area contributed by atoms with E-state index in [0.717, 1.165) is 39.6 Å². The van der Waals surface area contributed by atoms with E-state index in [4.69, 9.17) is 0 Å². The van der Waals surface area contributed by atoms with Crippen LogP contribution in [-0.4, -0.2) is 7.05 Å². The Kier molecular flexibility index (Phi) is 6.35. The summed E-state index contributed by atoms with van der Waals surface area (Å²) < 4.78 is 0. The molecule has 0 heterocycles. The SMILES string of the molecule is CN(c1ccc(-c2ccc(N(c3ccccc3)c3ccccc3)cc2)cc1)c1cccc(N=O)c1. The molecule has 4 nitrogen and oxygen atoms in total. The number of hydrogen-bond donors (Lipinski definition) is 0. The predicted octanol–water partition coefficient (Wildman–Crippen LogP) is 8.99. The molecule has 0 bridgehead atoms. The summed E-state index contributed by atoms with van der Waals surface area (Å²) in [6.45, 7) is 0. The first-order valence-corrected chi connectivity index (χ1v) is 11.5. The van der Waals surface area contributed by atoms with Crippen LogP contribution in [0.15, 0.2) is 139 Å².